The molecule has 0 aliphatic heterocycles. The highest BCUT2D eigenvalue weighted by Gasteiger charge is 2.12. The zero-order valence-electron chi connectivity index (χ0n) is 13.0. The van der Waals surface area contributed by atoms with Crippen LogP contribution in [0.1, 0.15) is 16.3 Å². The summed E-state index contributed by atoms with van der Waals surface area (Å²) in [6, 6.07) is 10.9. The lowest BCUT2D eigenvalue weighted by molar-refractivity contribution is 0.0926. The highest BCUT2D eigenvalue weighted by molar-refractivity contribution is 7.98. The van der Waals surface area contributed by atoms with Gasteiger partial charge in [-0.2, -0.15) is 8.78 Å². The van der Waals surface area contributed by atoms with Gasteiger partial charge in [0.15, 0.2) is 10.9 Å². The maximum absolute atomic E-state index is 12.1. The first-order valence-corrected chi connectivity index (χ1v) is 9.34. The number of thiazole rings is 1. The molecule has 0 radical (unpaired) electrons. The van der Waals surface area contributed by atoms with E-state index in [0.717, 1.165) is 15.3 Å². The Bertz CT molecular complexity index is 818. The molecule has 0 atom stereocenters. The first-order valence-electron chi connectivity index (χ1n) is 7.48. The Morgan fingerprint density at radius 3 is 2.88 bits per heavy atom. The number of aromatic nitrogens is 1. The van der Waals surface area contributed by atoms with Gasteiger partial charge in [-0.3, -0.25) is 4.79 Å². The van der Waals surface area contributed by atoms with Crippen LogP contribution in [0.3, 0.4) is 0 Å². The number of thioether (sulfide) groups is 1. The Labute approximate surface area is 150 Å². The van der Waals surface area contributed by atoms with E-state index < -0.39 is 5.76 Å². The number of benzene rings is 1. The quantitative estimate of drug-likeness (QED) is 0.571. The van der Waals surface area contributed by atoms with E-state index in [-0.39, 0.29) is 17.4 Å². The van der Waals surface area contributed by atoms with Gasteiger partial charge in [0.1, 0.15) is 5.76 Å². The Kier molecular flexibility index (Phi) is 5.87. The third-order valence-corrected chi connectivity index (χ3v) is 4.91. The van der Waals surface area contributed by atoms with E-state index >= 15 is 0 Å². The van der Waals surface area contributed by atoms with Gasteiger partial charge in [0, 0.05) is 13.1 Å². The van der Waals surface area contributed by atoms with Gasteiger partial charge < -0.3 is 15.1 Å². The number of hydrogen-bond donors (Lipinski definition) is 2. The summed E-state index contributed by atoms with van der Waals surface area (Å²) in [6.07, 6.45) is 0. The van der Waals surface area contributed by atoms with Crippen LogP contribution in [0.5, 0.6) is 0 Å². The summed E-state index contributed by atoms with van der Waals surface area (Å²) in [7, 11) is 0. The highest BCUT2D eigenvalue weighted by Crippen LogP contribution is 2.25. The molecule has 1 aromatic carbocycles. The van der Waals surface area contributed by atoms with E-state index in [1.807, 2.05) is 24.3 Å². The van der Waals surface area contributed by atoms with Gasteiger partial charge in [0.05, 0.1) is 16.0 Å². The number of carbonyl (C=O) groups excluding carboxylic acids is 1. The van der Waals surface area contributed by atoms with Gasteiger partial charge in [-0.15, -0.1) is 0 Å². The molecule has 2 heterocycles. The minimum atomic E-state index is -2.46. The number of amides is 1. The molecule has 3 aromatic rings. The van der Waals surface area contributed by atoms with Crippen LogP contribution in [-0.4, -0.2) is 29.7 Å². The van der Waals surface area contributed by atoms with Crippen molar-refractivity contribution in [1.29, 1.82) is 0 Å². The maximum Gasteiger partial charge on any atom is 0.287 e. The van der Waals surface area contributed by atoms with Crippen LogP contribution in [0, 0.1) is 0 Å². The molecule has 5 nitrogen and oxygen atoms in total. The Morgan fingerprint density at radius 2 is 2.08 bits per heavy atom. The Hall–Kier alpha value is -2.13. The van der Waals surface area contributed by atoms with Gasteiger partial charge in [0.25, 0.3) is 11.7 Å². The summed E-state index contributed by atoms with van der Waals surface area (Å²) in [5.41, 5.74) is 0.934. The Morgan fingerprint density at radius 1 is 1.24 bits per heavy atom. The molecule has 2 N–H and O–H groups in total. The first-order chi connectivity index (χ1) is 12.1. The third kappa shape index (κ3) is 4.93. The number of hydrogen-bond acceptors (Lipinski definition) is 6. The average molecular weight is 383 g/mol. The van der Waals surface area contributed by atoms with Gasteiger partial charge in [-0.25, -0.2) is 4.98 Å². The lowest BCUT2D eigenvalue weighted by Crippen LogP contribution is -2.28. The smallest absolute Gasteiger partial charge is 0.287 e. The molecule has 0 fully saturated rings. The summed E-state index contributed by atoms with van der Waals surface area (Å²) in [6.45, 7) is 0.900. The molecule has 0 saturated heterocycles. The lowest BCUT2D eigenvalue weighted by atomic mass is 10.3. The standard InChI is InChI=1S/C16H15F2N3O2S2/c17-15(18)24-9-10-5-6-12(23-10)14(22)19-7-8-20-16-21-11-3-1-2-4-13(11)25-16/h1-6,15H,7-9H2,(H,19,22)(H,20,21). The summed E-state index contributed by atoms with van der Waals surface area (Å²) < 4.78 is 30.6. The van der Waals surface area contributed by atoms with Gasteiger partial charge in [-0.05, 0) is 24.3 Å². The first kappa shape index (κ1) is 17.7. The number of halogens is 2. The van der Waals surface area contributed by atoms with Crippen LogP contribution in [0.15, 0.2) is 40.8 Å². The number of fused-ring (bicyclic) bond motifs is 1. The molecule has 132 valence electrons. The fourth-order valence-electron chi connectivity index (χ4n) is 2.10. The third-order valence-electron chi connectivity index (χ3n) is 3.22. The molecule has 25 heavy (non-hydrogen) atoms. The zero-order valence-corrected chi connectivity index (χ0v) is 14.6. The molecule has 9 heteroatoms. The monoisotopic (exact) mass is 383 g/mol. The fourth-order valence-corrected chi connectivity index (χ4v) is 3.44. The molecule has 2 aromatic heterocycles. The molecular formula is C16H15F2N3O2S2. The van der Waals surface area contributed by atoms with Crippen molar-refractivity contribution in [3.8, 4) is 0 Å². The van der Waals surface area contributed by atoms with E-state index in [0.29, 0.717) is 30.6 Å². The van der Waals surface area contributed by atoms with Crippen molar-refractivity contribution in [2.75, 3.05) is 18.4 Å². The lowest BCUT2D eigenvalue weighted by Gasteiger charge is -2.04. The molecule has 1 amide bonds. The average Bonchev–Trinajstić information content (AvgIpc) is 3.23. The summed E-state index contributed by atoms with van der Waals surface area (Å²) in [4.78, 5) is 16.4. The molecule has 0 unspecified atom stereocenters. The number of nitrogens with one attached hydrogen (secondary N) is 2. The van der Waals surface area contributed by atoms with E-state index in [1.165, 1.54) is 12.1 Å². The van der Waals surface area contributed by atoms with E-state index in [2.05, 4.69) is 15.6 Å². The summed E-state index contributed by atoms with van der Waals surface area (Å²) >= 11 is 2.00. The van der Waals surface area contributed by atoms with Crippen molar-refractivity contribution in [1.82, 2.24) is 10.3 Å². The second-order valence-electron chi connectivity index (χ2n) is 5.01. The Balaban J connectivity index is 1.43. The largest absolute Gasteiger partial charge is 0.455 e. The summed E-state index contributed by atoms with van der Waals surface area (Å²) in [5.74, 6) is -2.34. The van der Waals surface area contributed by atoms with E-state index in [1.54, 1.807) is 11.3 Å². The van der Waals surface area contributed by atoms with Gasteiger partial charge in [-0.1, -0.05) is 35.2 Å². The molecule has 0 spiro atoms. The minimum absolute atomic E-state index is 0.0319. The second kappa shape index (κ2) is 8.30. The number of para-hydroxylation sites is 1. The van der Waals surface area contributed by atoms with E-state index in [9.17, 15) is 13.6 Å². The van der Waals surface area contributed by atoms with Crippen LogP contribution in [-0.2, 0) is 5.75 Å². The number of rotatable bonds is 8. The molecule has 3 rings (SSSR count). The van der Waals surface area contributed by atoms with Crippen molar-refractivity contribution >= 4 is 44.4 Å². The van der Waals surface area contributed by atoms with Crippen LogP contribution < -0.4 is 10.6 Å². The van der Waals surface area contributed by atoms with Crippen LogP contribution >= 0.6 is 23.1 Å². The number of furan rings is 1. The van der Waals surface area contributed by atoms with Crippen molar-refractivity contribution in [2.45, 2.75) is 11.5 Å². The van der Waals surface area contributed by atoms with Gasteiger partial charge >= 0.3 is 0 Å². The SMILES string of the molecule is O=C(NCCNc1nc2ccccc2s1)c1ccc(CSC(F)F)o1. The topological polar surface area (TPSA) is 67.2 Å². The molecular weight excluding hydrogens is 368 g/mol. The molecule has 0 aliphatic carbocycles. The van der Waals surface area contributed by atoms with Crippen LogP contribution in [0.4, 0.5) is 13.9 Å². The normalized spacial score (nSPS) is 11.2. The summed E-state index contributed by atoms with van der Waals surface area (Å²) in [5, 5.41) is 6.65. The zero-order chi connectivity index (χ0) is 17.6. The highest BCUT2D eigenvalue weighted by atomic mass is 32.2. The van der Waals surface area contributed by atoms with Crippen molar-refractivity contribution < 1.29 is 18.0 Å². The van der Waals surface area contributed by atoms with E-state index in [4.69, 9.17) is 4.42 Å². The van der Waals surface area contributed by atoms with Crippen molar-refractivity contribution in [2.24, 2.45) is 0 Å². The van der Waals surface area contributed by atoms with Crippen LogP contribution in [0.2, 0.25) is 0 Å². The number of carbonyl (C=O) groups is 1. The number of nitrogens with zero attached hydrogens (tertiary/aromatic N) is 1. The molecule has 0 saturated carbocycles. The van der Waals surface area contributed by atoms with Crippen LogP contribution in [0.25, 0.3) is 10.2 Å². The number of alkyl halides is 2. The molecule has 0 aliphatic rings. The van der Waals surface area contributed by atoms with Crippen molar-refractivity contribution in [3.05, 3.63) is 47.9 Å². The fraction of sp³-hybridized carbons (Fsp3) is 0.250. The van der Waals surface area contributed by atoms with Gasteiger partial charge in [0.2, 0.25) is 0 Å². The predicted octanol–water partition coefficient (Wildman–Crippen LogP) is 4.19. The minimum Gasteiger partial charge on any atom is -0.455 e. The second-order valence-corrected chi connectivity index (χ2v) is 7.02. The van der Waals surface area contributed by atoms with Crippen molar-refractivity contribution in [3.63, 3.8) is 0 Å². The number of anilines is 1. The molecule has 0 bridgehead atoms. The predicted molar refractivity (Wildman–Crippen MR) is 96.4 cm³/mol. The maximum atomic E-state index is 12.1.